The molecular formula is C41H26N4. The molecule has 45 heavy (non-hydrogen) atoms. The smallest absolute Gasteiger partial charge is 0.101 e. The van der Waals surface area contributed by atoms with E-state index in [9.17, 15) is 0 Å². The maximum absolute atomic E-state index is 5.38. The minimum atomic E-state index is 0.906. The quantitative estimate of drug-likeness (QED) is 0.196. The number of aromatic nitrogens is 4. The first kappa shape index (κ1) is 25.4. The second-order valence-corrected chi connectivity index (χ2v) is 11.3. The van der Waals surface area contributed by atoms with Crippen molar-refractivity contribution in [1.29, 1.82) is 0 Å². The Bertz CT molecular complexity index is 2530. The Morgan fingerprint density at radius 2 is 1.18 bits per heavy atom. The van der Waals surface area contributed by atoms with Crippen LogP contribution >= 0.6 is 0 Å². The van der Waals surface area contributed by atoms with Gasteiger partial charge >= 0.3 is 0 Å². The molecule has 3 aromatic heterocycles. The molecule has 0 aliphatic heterocycles. The summed E-state index contributed by atoms with van der Waals surface area (Å²) in [6, 6.07) is 53.0. The number of fused-ring (bicyclic) bond motifs is 6. The zero-order valence-corrected chi connectivity index (χ0v) is 24.3. The fourth-order valence-corrected chi connectivity index (χ4v) is 6.50. The van der Waals surface area contributed by atoms with Gasteiger partial charge in [-0.15, -0.1) is 0 Å². The zero-order valence-electron chi connectivity index (χ0n) is 24.3. The third-order valence-corrected chi connectivity index (χ3v) is 8.62. The van der Waals surface area contributed by atoms with Crippen molar-refractivity contribution in [2.45, 2.75) is 0 Å². The normalized spacial score (nSPS) is 11.6. The Kier molecular flexibility index (Phi) is 5.78. The summed E-state index contributed by atoms with van der Waals surface area (Å²) in [7, 11) is 0. The van der Waals surface area contributed by atoms with Crippen LogP contribution in [0.2, 0.25) is 0 Å². The summed E-state index contributed by atoms with van der Waals surface area (Å²) in [6.07, 6.45) is 1.83. The zero-order chi connectivity index (χ0) is 29.7. The average molecular weight is 575 g/mol. The van der Waals surface area contributed by atoms with Crippen LogP contribution in [0.3, 0.4) is 0 Å². The Hall–Kier alpha value is -6.13. The molecule has 4 heteroatoms. The number of hydrogen-bond acceptors (Lipinski definition) is 3. The van der Waals surface area contributed by atoms with E-state index in [1.54, 1.807) is 0 Å². The van der Waals surface area contributed by atoms with E-state index < -0.39 is 0 Å². The summed E-state index contributed by atoms with van der Waals surface area (Å²) in [5.74, 6) is 0. The fourth-order valence-electron chi connectivity index (χ4n) is 6.50. The maximum atomic E-state index is 5.38. The van der Waals surface area contributed by atoms with Crippen molar-refractivity contribution in [3.63, 3.8) is 0 Å². The molecule has 0 fully saturated rings. The molecule has 0 aliphatic carbocycles. The van der Waals surface area contributed by atoms with Crippen LogP contribution in [0.25, 0.3) is 82.8 Å². The maximum Gasteiger partial charge on any atom is 0.101 e. The largest absolute Gasteiger partial charge is 0.254 e. The van der Waals surface area contributed by atoms with E-state index in [2.05, 4.69) is 149 Å². The molecule has 210 valence electrons. The van der Waals surface area contributed by atoms with Crippen LogP contribution in [0.4, 0.5) is 0 Å². The molecule has 0 amide bonds. The molecule has 6 aromatic carbocycles. The molecule has 0 saturated carbocycles. The summed E-state index contributed by atoms with van der Waals surface area (Å²) >= 11 is 0. The van der Waals surface area contributed by atoms with Gasteiger partial charge in [0, 0.05) is 38.9 Å². The molecule has 0 atom stereocenters. The van der Waals surface area contributed by atoms with Crippen molar-refractivity contribution in [2.75, 3.05) is 0 Å². The molecule has 0 saturated heterocycles. The Balaban J connectivity index is 1.32. The monoisotopic (exact) mass is 574 g/mol. The third kappa shape index (κ3) is 4.19. The van der Waals surface area contributed by atoms with Gasteiger partial charge in [0.05, 0.1) is 27.9 Å². The van der Waals surface area contributed by atoms with Gasteiger partial charge in [-0.25, -0.2) is 9.67 Å². The highest BCUT2D eigenvalue weighted by atomic mass is 15.3. The number of para-hydroxylation sites is 1. The van der Waals surface area contributed by atoms with Gasteiger partial charge < -0.3 is 0 Å². The topological polar surface area (TPSA) is 43.6 Å². The lowest BCUT2D eigenvalue weighted by Crippen LogP contribution is -1.96. The van der Waals surface area contributed by atoms with Gasteiger partial charge in [-0.1, -0.05) is 115 Å². The van der Waals surface area contributed by atoms with Crippen molar-refractivity contribution < 1.29 is 0 Å². The van der Waals surface area contributed by atoms with Crippen LogP contribution in [0.5, 0.6) is 0 Å². The van der Waals surface area contributed by atoms with Crippen molar-refractivity contribution >= 4 is 43.5 Å². The highest BCUT2D eigenvalue weighted by Gasteiger charge is 2.21. The highest BCUT2D eigenvalue weighted by Crippen LogP contribution is 2.42. The Morgan fingerprint density at radius 3 is 2.04 bits per heavy atom. The standard InChI is InChI=1S/C41H26N4/c1-3-11-27(12-4-1)35-26-30-13-7-8-19-34(30)41-37(35)38(44-45(41)33-17-5-2-6-18-33)32-15-9-14-31(25-32)36-23-22-29-21-20-28-16-10-24-42-39(28)40(29)43-36/h1-26H. The van der Waals surface area contributed by atoms with E-state index in [4.69, 9.17) is 10.1 Å². The summed E-state index contributed by atoms with van der Waals surface area (Å²) in [5, 5.41) is 11.0. The average Bonchev–Trinajstić information content (AvgIpc) is 3.53. The Labute approximate surface area is 259 Å². The van der Waals surface area contributed by atoms with Crippen LogP contribution in [0, 0.1) is 0 Å². The lowest BCUT2D eigenvalue weighted by Gasteiger charge is -2.11. The lowest BCUT2D eigenvalue weighted by molar-refractivity contribution is 0.918. The fraction of sp³-hybridized carbons (Fsp3) is 0. The molecule has 9 aromatic rings. The van der Waals surface area contributed by atoms with E-state index in [0.717, 1.165) is 72.0 Å². The molecular weight excluding hydrogens is 548 g/mol. The molecule has 0 spiro atoms. The first-order valence-corrected chi connectivity index (χ1v) is 15.1. The molecule has 0 radical (unpaired) electrons. The number of nitrogens with zero attached hydrogens (tertiary/aromatic N) is 4. The predicted octanol–water partition coefficient (Wildman–Crippen LogP) is 10.3. The van der Waals surface area contributed by atoms with Crippen molar-refractivity contribution in [3.05, 3.63) is 158 Å². The van der Waals surface area contributed by atoms with E-state index in [-0.39, 0.29) is 0 Å². The third-order valence-electron chi connectivity index (χ3n) is 8.62. The minimum Gasteiger partial charge on any atom is -0.254 e. The van der Waals surface area contributed by atoms with Gasteiger partial charge in [0.15, 0.2) is 0 Å². The summed E-state index contributed by atoms with van der Waals surface area (Å²) in [6.45, 7) is 0. The summed E-state index contributed by atoms with van der Waals surface area (Å²) in [5.41, 5.74) is 10.2. The van der Waals surface area contributed by atoms with E-state index in [1.165, 1.54) is 10.8 Å². The number of benzene rings is 6. The SMILES string of the molecule is c1ccc(-c2cc3ccccc3c3c2c(-c2cccc(-c4ccc5ccc6cccnc6c5n4)c2)nn3-c2ccccc2)cc1. The van der Waals surface area contributed by atoms with Crippen molar-refractivity contribution in [1.82, 2.24) is 19.7 Å². The molecule has 3 heterocycles. The highest BCUT2D eigenvalue weighted by molar-refractivity contribution is 6.17. The summed E-state index contributed by atoms with van der Waals surface area (Å²) < 4.78 is 2.11. The minimum absolute atomic E-state index is 0.906. The second kappa shape index (κ2) is 10.2. The van der Waals surface area contributed by atoms with Crippen LogP contribution in [0.15, 0.2) is 158 Å². The number of rotatable bonds is 4. The second-order valence-electron chi connectivity index (χ2n) is 11.3. The summed E-state index contributed by atoms with van der Waals surface area (Å²) in [4.78, 5) is 9.80. The molecule has 9 rings (SSSR count). The van der Waals surface area contributed by atoms with Crippen LogP contribution < -0.4 is 0 Å². The molecule has 0 bridgehead atoms. The van der Waals surface area contributed by atoms with Crippen molar-refractivity contribution in [3.8, 4) is 39.3 Å². The number of pyridine rings is 2. The van der Waals surface area contributed by atoms with Gasteiger partial charge in [-0.2, -0.15) is 5.10 Å². The first-order chi connectivity index (χ1) is 22.3. The first-order valence-electron chi connectivity index (χ1n) is 15.1. The number of hydrogen-bond donors (Lipinski definition) is 0. The van der Waals surface area contributed by atoms with Gasteiger partial charge in [0.2, 0.25) is 0 Å². The Morgan fingerprint density at radius 1 is 0.489 bits per heavy atom. The van der Waals surface area contributed by atoms with Crippen LogP contribution in [-0.4, -0.2) is 19.7 Å². The van der Waals surface area contributed by atoms with Gasteiger partial charge in [0.1, 0.15) is 5.69 Å². The molecule has 0 N–H and O–H groups in total. The van der Waals surface area contributed by atoms with E-state index in [1.807, 2.05) is 18.3 Å². The van der Waals surface area contributed by atoms with Crippen LogP contribution in [-0.2, 0) is 0 Å². The van der Waals surface area contributed by atoms with Gasteiger partial charge in [0.25, 0.3) is 0 Å². The molecule has 0 unspecified atom stereocenters. The predicted molar refractivity (Wildman–Crippen MR) is 185 cm³/mol. The van der Waals surface area contributed by atoms with E-state index >= 15 is 0 Å². The van der Waals surface area contributed by atoms with Crippen molar-refractivity contribution in [2.24, 2.45) is 0 Å². The van der Waals surface area contributed by atoms with Gasteiger partial charge in [-0.3, -0.25) is 4.98 Å². The molecule has 4 nitrogen and oxygen atoms in total. The van der Waals surface area contributed by atoms with Gasteiger partial charge in [-0.05, 0) is 52.9 Å². The lowest BCUT2D eigenvalue weighted by atomic mass is 9.93. The van der Waals surface area contributed by atoms with E-state index in [0.29, 0.717) is 0 Å². The van der Waals surface area contributed by atoms with Crippen LogP contribution in [0.1, 0.15) is 0 Å². The molecule has 0 aliphatic rings.